The van der Waals surface area contributed by atoms with Crippen LogP contribution in [0.3, 0.4) is 0 Å². The minimum Gasteiger partial charge on any atom is -0.480 e. The first-order valence-corrected chi connectivity index (χ1v) is 6.85. The Labute approximate surface area is 112 Å². The summed E-state index contributed by atoms with van der Waals surface area (Å²) in [5, 5.41) is 9.66. The van der Waals surface area contributed by atoms with Crippen LogP contribution in [0.1, 0.15) is 46.9 Å². The highest BCUT2D eigenvalue weighted by Crippen LogP contribution is 2.26. The molecule has 0 aliphatic heterocycles. The SMILES string of the molecule is CCC(C)N(CC(=O)O)c1nc(C(C)(C)C)ns1. The fraction of sp³-hybridized carbons (Fsp3) is 0.750. The lowest BCUT2D eigenvalue weighted by molar-refractivity contribution is -0.135. The van der Waals surface area contributed by atoms with Gasteiger partial charge in [-0.25, -0.2) is 4.98 Å². The molecule has 0 saturated heterocycles. The van der Waals surface area contributed by atoms with E-state index in [0.29, 0.717) is 5.13 Å². The standard InChI is InChI=1S/C12H21N3O2S/c1-6-8(2)15(7-9(16)17)11-13-10(14-18-11)12(3,4)5/h8H,6-7H2,1-5H3,(H,16,17). The molecule has 1 unspecified atom stereocenters. The van der Waals surface area contributed by atoms with Gasteiger partial charge in [0.05, 0.1) is 0 Å². The second-order valence-electron chi connectivity index (χ2n) is 5.43. The fourth-order valence-corrected chi connectivity index (χ4v) is 2.37. The number of carboxylic acid groups (broad SMARTS) is 1. The Morgan fingerprint density at radius 2 is 2.11 bits per heavy atom. The van der Waals surface area contributed by atoms with Crippen LogP contribution in [-0.4, -0.2) is 33.0 Å². The van der Waals surface area contributed by atoms with Crippen LogP contribution in [0.15, 0.2) is 0 Å². The van der Waals surface area contributed by atoms with Gasteiger partial charge in [0.2, 0.25) is 5.13 Å². The third-order valence-corrected chi connectivity index (χ3v) is 3.51. The molecule has 5 nitrogen and oxygen atoms in total. The molecule has 0 fully saturated rings. The molecule has 1 aromatic rings. The average Bonchev–Trinajstić information content (AvgIpc) is 2.73. The summed E-state index contributed by atoms with van der Waals surface area (Å²) in [6.07, 6.45) is 0.873. The van der Waals surface area contributed by atoms with E-state index in [1.54, 1.807) is 4.90 Å². The molecule has 0 spiro atoms. The van der Waals surface area contributed by atoms with E-state index in [4.69, 9.17) is 5.11 Å². The normalized spacial score (nSPS) is 13.4. The summed E-state index contributed by atoms with van der Waals surface area (Å²) in [6.45, 7) is 10.1. The highest BCUT2D eigenvalue weighted by atomic mass is 32.1. The molecule has 1 rings (SSSR count). The van der Waals surface area contributed by atoms with E-state index in [0.717, 1.165) is 12.2 Å². The minimum absolute atomic E-state index is 0.0339. The summed E-state index contributed by atoms with van der Waals surface area (Å²) in [5.41, 5.74) is -0.112. The van der Waals surface area contributed by atoms with Crippen LogP contribution in [0.5, 0.6) is 0 Å². The van der Waals surface area contributed by atoms with E-state index >= 15 is 0 Å². The van der Waals surface area contributed by atoms with Crippen LogP contribution in [0.4, 0.5) is 5.13 Å². The number of carboxylic acids is 1. The third kappa shape index (κ3) is 3.66. The van der Waals surface area contributed by atoms with Crippen LogP contribution in [0.25, 0.3) is 0 Å². The van der Waals surface area contributed by atoms with Crippen molar-refractivity contribution in [2.24, 2.45) is 0 Å². The van der Waals surface area contributed by atoms with Crippen LogP contribution in [0, 0.1) is 0 Å². The molecule has 0 bridgehead atoms. The van der Waals surface area contributed by atoms with E-state index in [9.17, 15) is 4.79 Å². The summed E-state index contributed by atoms with van der Waals surface area (Å²) in [4.78, 5) is 17.2. The van der Waals surface area contributed by atoms with E-state index in [1.807, 2.05) is 34.6 Å². The molecule has 102 valence electrons. The zero-order chi connectivity index (χ0) is 13.9. The number of hydrogen-bond acceptors (Lipinski definition) is 5. The molecule has 0 aliphatic carbocycles. The maximum Gasteiger partial charge on any atom is 0.323 e. The number of rotatable bonds is 5. The second kappa shape index (κ2) is 5.65. The molecule has 18 heavy (non-hydrogen) atoms. The summed E-state index contributed by atoms with van der Waals surface area (Å²) in [5.74, 6) is -0.0796. The predicted octanol–water partition coefficient (Wildman–Crippen LogP) is 2.53. The fourth-order valence-electron chi connectivity index (χ4n) is 1.41. The summed E-state index contributed by atoms with van der Waals surface area (Å²) >= 11 is 1.27. The van der Waals surface area contributed by atoms with E-state index in [1.165, 1.54) is 11.5 Å². The lowest BCUT2D eigenvalue weighted by atomic mass is 9.96. The number of aromatic nitrogens is 2. The van der Waals surface area contributed by atoms with Gasteiger partial charge < -0.3 is 10.0 Å². The molecule has 0 saturated carbocycles. The van der Waals surface area contributed by atoms with Gasteiger partial charge in [0, 0.05) is 23.0 Å². The minimum atomic E-state index is -0.845. The lowest BCUT2D eigenvalue weighted by Gasteiger charge is -2.25. The molecular weight excluding hydrogens is 250 g/mol. The Bertz CT molecular complexity index is 412. The van der Waals surface area contributed by atoms with Crippen molar-refractivity contribution in [2.75, 3.05) is 11.4 Å². The Kier molecular flexibility index (Phi) is 4.67. The molecule has 0 amide bonds. The quantitative estimate of drug-likeness (QED) is 0.891. The first-order chi connectivity index (χ1) is 8.25. The average molecular weight is 271 g/mol. The van der Waals surface area contributed by atoms with Gasteiger partial charge in [-0.15, -0.1) is 0 Å². The van der Waals surface area contributed by atoms with Crippen molar-refractivity contribution in [1.29, 1.82) is 0 Å². The van der Waals surface area contributed by atoms with E-state index in [-0.39, 0.29) is 18.0 Å². The van der Waals surface area contributed by atoms with Gasteiger partial charge in [0.25, 0.3) is 0 Å². The van der Waals surface area contributed by atoms with Crippen molar-refractivity contribution in [1.82, 2.24) is 9.36 Å². The Hall–Kier alpha value is -1.17. The summed E-state index contributed by atoms with van der Waals surface area (Å²) in [6, 6.07) is 0.141. The first kappa shape index (κ1) is 14.9. The zero-order valence-electron chi connectivity index (χ0n) is 11.6. The molecule has 6 heteroatoms. The molecule has 1 heterocycles. The van der Waals surface area contributed by atoms with Gasteiger partial charge in [-0.3, -0.25) is 4.79 Å². The van der Waals surface area contributed by atoms with Crippen LogP contribution >= 0.6 is 11.5 Å². The lowest BCUT2D eigenvalue weighted by Crippen LogP contribution is -2.37. The number of anilines is 1. The predicted molar refractivity (Wildman–Crippen MR) is 73.3 cm³/mol. The second-order valence-corrected chi connectivity index (χ2v) is 6.16. The molecule has 0 radical (unpaired) electrons. The Morgan fingerprint density at radius 1 is 1.50 bits per heavy atom. The summed E-state index contributed by atoms with van der Waals surface area (Å²) in [7, 11) is 0. The van der Waals surface area contributed by atoms with Gasteiger partial charge in [0.1, 0.15) is 12.4 Å². The maximum absolute atomic E-state index is 10.9. The summed E-state index contributed by atoms with van der Waals surface area (Å²) < 4.78 is 4.33. The van der Waals surface area contributed by atoms with Gasteiger partial charge in [0.15, 0.2) is 0 Å². The molecular formula is C12H21N3O2S. The molecule has 1 atom stereocenters. The molecule has 1 N–H and O–H groups in total. The highest BCUT2D eigenvalue weighted by Gasteiger charge is 2.24. The number of aliphatic carboxylic acids is 1. The van der Waals surface area contributed by atoms with Gasteiger partial charge in [-0.2, -0.15) is 4.37 Å². The van der Waals surface area contributed by atoms with Crippen molar-refractivity contribution in [3.05, 3.63) is 5.82 Å². The third-order valence-electron chi connectivity index (χ3n) is 2.76. The van der Waals surface area contributed by atoms with Crippen molar-refractivity contribution in [2.45, 2.75) is 52.5 Å². The first-order valence-electron chi connectivity index (χ1n) is 6.08. The molecule has 0 aliphatic rings. The zero-order valence-corrected chi connectivity index (χ0v) is 12.4. The van der Waals surface area contributed by atoms with Gasteiger partial charge in [-0.1, -0.05) is 27.7 Å². The topological polar surface area (TPSA) is 66.3 Å². The monoisotopic (exact) mass is 271 g/mol. The van der Waals surface area contributed by atoms with Crippen molar-refractivity contribution in [3.63, 3.8) is 0 Å². The van der Waals surface area contributed by atoms with Crippen LogP contribution in [0.2, 0.25) is 0 Å². The van der Waals surface area contributed by atoms with Crippen molar-refractivity contribution < 1.29 is 9.90 Å². The van der Waals surface area contributed by atoms with Crippen LogP contribution in [-0.2, 0) is 10.2 Å². The van der Waals surface area contributed by atoms with Crippen LogP contribution < -0.4 is 4.90 Å². The van der Waals surface area contributed by atoms with Gasteiger partial charge in [-0.05, 0) is 13.3 Å². The number of hydrogen-bond donors (Lipinski definition) is 1. The maximum atomic E-state index is 10.9. The highest BCUT2D eigenvalue weighted by molar-refractivity contribution is 7.09. The van der Waals surface area contributed by atoms with E-state index < -0.39 is 5.97 Å². The molecule has 1 aromatic heterocycles. The Balaban J connectivity index is 2.99. The van der Waals surface area contributed by atoms with Gasteiger partial charge >= 0.3 is 5.97 Å². The van der Waals surface area contributed by atoms with Crippen molar-refractivity contribution in [3.8, 4) is 0 Å². The number of carbonyl (C=O) groups is 1. The smallest absolute Gasteiger partial charge is 0.323 e. The number of nitrogens with zero attached hydrogens (tertiary/aromatic N) is 3. The van der Waals surface area contributed by atoms with E-state index in [2.05, 4.69) is 9.36 Å². The largest absolute Gasteiger partial charge is 0.480 e. The molecule has 0 aromatic carbocycles. The Morgan fingerprint density at radius 3 is 2.50 bits per heavy atom. The van der Waals surface area contributed by atoms with Crippen molar-refractivity contribution >= 4 is 22.6 Å².